The largest absolute Gasteiger partial charge is 0.431 e. The predicted octanol–water partition coefficient (Wildman–Crippen LogP) is 2.69. The van der Waals surface area contributed by atoms with Crippen LogP contribution in [0, 0.1) is 0 Å². The lowest BCUT2D eigenvalue weighted by Crippen LogP contribution is -2.06. The molecule has 0 saturated carbocycles. The molecule has 0 amide bonds. The SMILES string of the molecule is C1CC[SiH2]OC1.C=CC(=O)O/C=C/c1ccccc1. The molecule has 1 aromatic carbocycles. The molecule has 1 aliphatic heterocycles. The lowest BCUT2D eigenvalue weighted by atomic mass is 10.2. The van der Waals surface area contributed by atoms with Crippen LogP contribution < -0.4 is 0 Å². The number of hydrogen-bond acceptors (Lipinski definition) is 3. The Morgan fingerprint density at radius 2 is 2.11 bits per heavy atom. The standard InChI is InChI=1S/C11H10O2.C4H10OSi/c1-2-11(12)13-9-8-10-6-4-3-5-7-10;1-2-4-6-5-3-1/h2-9H,1H2;1-4,6H2/b9-8+;. The van der Waals surface area contributed by atoms with Gasteiger partial charge in [-0.15, -0.1) is 0 Å². The van der Waals surface area contributed by atoms with E-state index in [4.69, 9.17) is 4.43 Å². The molecule has 3 nitrogen and oxygen atoms in total. The first-order chi connectivity index (χ1) is 9.33. The summed E-state index contributed by atoms with van der Waals surface area (Å²) in [7, 11) is 0.00849. The minimum Gasteiger partial charge on any atom is -0.431 e. The summed E-state index contributed by atoms with van der Waals surface area (Å²) in [6.07, 6.45) is 6.93. The van der Waals surface area contributed by atoms with Gasteiger partial charge in [0.2, 0.25) is 0 Å². The van der Waals surface area contributed by atoms with Gasteiger partial charge in [0, 0.05) is 12.7 Å². The second kappa shape index (κ2) is 10.3. The Labute approximate surface area is 116 Å². The van der Waals surface area contributed by atoms with Crippen LogP contribution in [-0.4, -0.2) is 22.3 Å². The van der Waals surface area contributed by atoms with Crippen molar-refractivity contribution < 1.29 is 14.0 Å². The summed E-state index contributed by atoms with van der Waals surface area (Å²) in [6, 6.07) is 11.0. The van der Waals surface area contributed by atoms with Gasteiger partial charge in [-0.25, -0.2) is 4.79 Å². The Balaban J connectivity index is 0.000000250. The minimum absolute atomic E-state index is 0.00849. The molecule has 0 unspecified atom stereocenters. The number of carbonyl (C=O) groups is 1. The molecule has 0 N–H and O–H groups in total. The van der Waals surface area contributed by atoms with Gasteiger partial charge < -0.3 is 9.16 Å². The van der Waals surface area contributed by atoms with Crippen molar-refractivity contribution in [3.05, 3.63) is 54.8 Å². The van der Waals surface area contributed by atoms with Gasteiger partial charge >= 0.3 is 5.97 Å². The third-order valence-electron chi connectivity index (χ3n) is 2.49. The highest BCUT2D eigenvalue weighted by Gasteiger charge is 1.96. The molecule has 1 aromatic rings. The molecule has 0 radical (unpaired) electrons. The number of rotatable bonds is 3. The van der Waals surface area contributed by atoms with E-state index >= 15 is 0 Å². The summed E-state index contributed by atoms with van der Waals surface area (Å²) >= 11 is 0. The number of carbonyl (C=O) groups excluding carboxylic acids is 1. The van der Waals surface area contributed by atoms with Gasteiger partial charge in [-0.2, -0.15) is 0 Å². The fraction of sp³-hybridized carbons (Fsp3) is 0.267. The minimum atomic E-state index is -0.452. The van der Waals surface area contributed by atoms with Crippen LogP contribution in [0.1, 0.15) is 18.4 Å². The van der Waals surface area contributed by atoms with E-state index in [1.807, 2.05) is 30.3 Å². The number of ether oxygens (including phenoxy) is 1. The maximum absolute atomic E-state index is 10.6. The normalized spacial score (nSPS) is 15.6. The van der Waals surface area contributed by atoms with Crippen molar-refractivity contribution in [3.8, 4) is 0 Å². The number of hydrogen-bond donors (Lipinski definition) is 0. The zero-order valence-corrected chi connectivity index (χ0v) is 12.5. The molecular formula is C15H20O3Si. The molecule has 0 spiro atoms. The van der Waals surface area contributed by atoms with Crippen LogP contribution in [-0.2, 0) is 14.0 Å². The topological polar surface area (TPSA) is 35.5 Å². The van der Waals surface area contributed by atoms with Crippen molar-refractivity contribution in [2.24, 2.45) is 0 Å². The highest BCUT2D eigenvalue weighted by molar-refractivity contribution is 6.27. The molecule has 0 bridgehead atoms. The highest BCUT2D eigenvalue weighted by atomic mass is 28.2. The summed E-state index contributed by atoms with van der Waals surface area (Å²) in [4.78, 5) is 10.6. The van der Waals surface area contributed by atoms with Gasteiger partial charge in [-0.3, -0.25) is 0 Å². The van der Waals surface area contributed by atoms with E-state index in [1.54, 1.807) is 6.08 Å². The van der Waals surface area contributed by atoms with Gasteiger partial charge in [0.15, 0.2) is 9.76 Å². The molecule has 1 saturated heterocycles. The Hall–Kier alpha value is -1.65. The van der Waals surface area contributed by atoms with Crippen molar-refractivity contribution in [1.29, 1.82) is 0 Å². The van der Waals surface area contributed by atoms with Gasteiger partial charge in [0.1, 0.15) is 0 Å². The molecule has 1 fully saturated rings. The monoisotopic (exact) mass is 276 g/mol. The van der Waals surface area contributed by atoms with Crippen LogP contribution >= 0.6 is 0 Å². The van der Waals surface area contributed by atoms with Crippen molar-refractivity contribution >= 4 is 21.8 Å². The fourth-order valence-corrected chi connectivity index (χ4v) is 2.65. The van der Waals surface area contributed by atoms with Crippen molar-refractivity contribution in [2.45, 2.75) is 18.9 Å². The molecule has 4 heteroatoms. The zero-order valence-electron chi connectivity index (χ0n) is 11.1. The van der Waals surface area contributed by atoms with Crippen molar-refractivity contribution in [3.63, 3.8) is 0 Å². The molecule has 0 aromatic heterocycles. The van der Waals surface area contributed by atoms with E-state index in [2.05, 4.69) is 11.3 Å². The first-order valence-corrected chi connectivity index (χ1v) is 8.03. The zero-order chi connectivity index (χ0) is 13.8. The van der Waals surface area contributed by atoms with E-state index in [9.17, 15) is 4.79 Å². The van der Waals surface area contributed by atoms with E-state index < -0.39 is 5.97 Å². The van der Waals surface area contributed by atoms with Crippen LogP contribution in [0.15, 0.2) is 49.2 Å². The van der Waals surface area contributed by atoms with Crippen LogP contribution in [0.2, 0.25) is 6.04 Å². The lowest BCUT2D eigenvalue weighted by Gasteiger charge is -2.07. The second-order valence-electron chi connectivity index (χ2n) is 4.03. The van der Waals surface area contributed by atoms with Gasteiger partial charge in [-0.1, -0.05) is 43.3 Å². The Bertz CT molecular complexity index is 386. The van der Waals surface area contributed by atoms with Gasteiger partial charge in [-0.05, 0) is 24.1 Å². The van der Waals surface area contributed by atoms with Crippen LogP contribution in [0.4, 0.5) is 0 Å². The van der Waals surface area contributed by atoms with E-state index in [0.717, 1.165) is 18.2 Å². The van der Waals surface area contributed by atoms with Gasteiger partial charge in [0.25, 0.3) is 0 Å². The van der Waals surface area contributed by atoms with E-state index in [-0.39, 0.29) is 9.76 Å². The molecular weight excluding hydrogens is 256 g/mol. The van der Waals surface area contributed by atoms with Gasteiger partial charge in [0.05, 0.1) is 6.26 Å². The summed E-state index contributed by atoms with van der Waals surface area (Å²) in [6.45, 7) is 4.34. The Morgan fingerprint density at radius 1 is 1.32 bits per heavy atom. The summed E-state index contributed by atoms with van der Waals surface area (Å²) in [5.41, 5.74) is 0.986. The van der Waals surface area contributed by atoms with Crippen molar-refractivity contribution in [2.75, 3.05) is 6.61 Å². The quantitative estimate of drug-likeness (QED) is 0.368. The Morgan fingerprint density at radius 3 is 2.58 bits per heavy atom. The van der Waals surface area contributed by atoms with Crippen molar-refractivity contribution in [1.82, 2.24) is 0 Å². The average Bonchev–Trinajstić information content (AvgIpc) is 2.50. The molecule has 0 atom stereocenters. The molecule has 1 aliphatic rings. The van der Waals surface area contributed by atoms with E-state index in [0.29, 0.717) is 0 Å². The van der Waals surface area contributed by atoms with Crippen LogP contribution in [0.3, 0.4) is 0 Å². The third kappa shape index (κ3) is 8.13. The maximum Gasteiger partial charge on any atom is 0.334 e. The number of esters is 1. The third-order valence-corrected chi connectivity index (χ3v) is 3.85. The van der Waals surface area contributed by atoms with Crippen LogP contribution in [0.25, 0.3) is 6.08 Å². The second-order valence-corrected chi connectivity index (χ2v) is 5.55. The summed E-state index contributed by atoms with van der Waals surface area (Å²) in [5.74, 6) is -0.452. The van der Waals surface area contributed by atoms with Crippen LogP contribution in [0.5, 0.6) is 0 Å². The smallest absolute Gasteiger partial charge is 0.334 e. The maximum atomic E-state index is 10.6. The summed E-state index contributed by atoms with van der Waals surface area (Å²) in [5, 5.41) is 0. The first-order valence-electron chi connectivity index (χ1n) is 6.45. The molecule has 19 heavy (non-hydrogen) atoms. The first kappa shape index (κ1) is 15.4. The Kier molecular flexibility index (Phi) is 8.34. The molecule has 1 heterocycles. The average molecular weight is 276 g/mol. The summed E-state index contributed by atoms with van der Waals surface area (Å²) < 4.78 is 9.87. The predicted molar refractivity (Wildman–Crippen MR) is 80.3 cm³/mol. The lowest BCUT2D eigenvalue weighted by molar-refractivity contribution is -0.132. The highest BCUT2D eigenvalue weighted by Crippen LogP contribution is 2.01. The number of benzene rings is 1. The fourth-order valence-electron chi connectivity index (χ4n) is 1.48. The molecule has 102 valence electrons. The molecule has 0 aliphatic carbocycles. The molecule has 2 rings (SSSR count). The van der Waals surface area contributed by atoms with E-state index in [1.165, 1.54) is 25.1 Å².